The first-order chi connectivity index (χ1) is 8.97. The molecule has 19 heavy (non-hydrogen) atoms. The third-order valence-corrected chi connectivity index (χ3v) is 4.36. The Bertz CT molecular complexity index is 485. The lowest BCUT2D eigenvalue weighted by atomic mass is 10.00. The topological polar surface area (TPSA) is 32.3 Å². The Morgan fingerprint density at radius 2 is 1.74 bits per heavy atom. The van der Waals surface area contributed by atoms with Gasteiger partial charge in [-0.3, -0.25) is 0 Å². The van der Waals surface area contributed by atoms with Gasteiger partial charge in [0.15, 0.2) is 0 Å². The fourth-order valence-corrected chi connectivity index (χ4v) is 2.62. The van der Waals surface area contributed by atoms with Crippen LogP contribution >= 0.6 is 34.8 Å². The summed E-state index contributed by atoms with van der Waals surface area (Å²) >= 11 is 17.8. The minimum atomic E-state index is -0.146. The van der Waals surface area contributed by atoms with E-state index in [1.807, 2.05) is 0 Å². The zero-order chi connectivity index (χ0) is 14.0. The third-order valence-electron chi connectivity index (χ3n) is 3.32. The van der Waals surface area contributed by atoms with Crippen LogP contribution in [0.2, 0.25) is 15.1 Å². The van der Waals surface area contributed by atoms with Crippen LogP contribution in [-0.4, -0.2) is 24.0 Å². The van der Waals surface area contributed by atoms with E-state index in [0.717, 1.165) is 25.9 Å². The zero-order valence-corrected chi connectivity index (χ0v) is 12.8. The van der Waals surface area contributed by atoms with E-state index in [1.165, 1.54) is 6.07 Å². The molecule has 1 aliphatic rings. The van der Waals surface area contributed by atoms with Crippen LogP contribution < -0.4 is 5.32 Å². The summed E-state index contributed by atoms with van der Waals surface area (Å²) in [7, 11) is 0. The standard InChI is InChI=1S/C13H15Cl3N2O/c1-8-2-4-18(5-3-8)13(19)17-12-7-10(15)9(14)6-11(12)16/h6-8H,2-5H2,1H3,(H,17,19). The van der Waals surface area contributed by atoms with Crippen molar-refractivity contribution in [3.63, 3.8) is 0 Å². The Kier molecular flexibility index (Phi) is 4.82. The molecular weight excluding hydrogens is 307 g/mol. The van der Waals surface area contributed by atoms with Gasteiger partial charge in [0.2, 0.25) is 0 Å². The number of benzene rings is 1. The largest absolute Gasteiger partial charge is 0.325 e. The minimum Gasteiger partial charge on any atom is -0.325 e. The Morgan fingerprint density at radius 1 is 1.16 bits per heavy atom. The van der Waals surface area contributed by atoms with Gasteiger partial charge in [-0.15, -0.1) is 0 Å². The molecule has 0 bridgehead atoms. The quantitative estimate of drug-likeness (QED) is 0.732. The molecule has 3 nitrogen and oxygen atoms in total. The molecule has 0 aliphatic carbocycles. The number of nitrogens with zero attached hydrogens (tertiary/aromatic N) is 1. The van der Waals surface area contributed by atoms with Gasteiger partial charge >= 0.3 is 6.03 Å². The molecule has 1 aromatic rings. The second-order valence-electron chi connectivity index (χ2n) is 4.85. The second kappa shape index (κ2) is 6.21. The van der Waals surface area contributed by atoms with Gasteiger partial charge in [-0.1, -0.05) is 41.7 Å². The highest BCUT2D eigenvalue weighted by molar-refractivity contribution is 6.44. The first-order valence-corrected chi connectivity index (χ1v) is 7.31. The highest BCUT2D eigenvalue weighted by Gasteiger charge is 2.21. The van der Waals surface area contributed by atoms with Gasteiger partial charge in [0.05, 0.1) is 20.8 Å². The lowest BCUT2D eigenvalue weighted by molar-refractivity contribution is 0.186. The monoisotopic (exact) mass is 320 g/mol. The molecule has 0 atom stereocenters. The summed E-state index contributed by atoms with van der Waals surface area (Å²) in [6, 6.07) is 2.95. The maximum Gasteiger partial charge on any atom is 0.321 e. The predicted octanol–water partition coefficient (Wildman–Crippen LogP) is 4.91. The lowest BCUT2D eigenvalue weighted by Gasteiger charge is -2.30. The summed E-state index contributed by atoms with van der Waals surface area (Å²) in [6.07, 6.45) is 2.06. The molecule has 1 saturated heterocycles. The fourth-order valence-electron chi connectivity index (χ4n) is 2.02. The van der Waals surface area contributed by atoms with E-state index in [9.17, 15) is 4.79 Å². The fraction of sp³-hybridized carbons (Fsp3) is 0.462. The third kappa shape index (κ3) is 3.68. The summed E-state index contributed by atoms with van der Waals surface area (Å²) in [4.78, 5) is 13.9. The van der Waals surface area contributed by atoms with Crippen molar-refractivity contribution in [1.29, 1.82) is 0 Å². The van der Waals surface area contributed by atoms with Gasteiger partial charge in [0.1, 0.15) is 0 Å². The van der Waals surface area contributed by atoms with Crippen LogP contribution in [0.1, 0.15) is 19.8 Å². The first-order valence-electron chi connectivity index (χ1n) is 6.18. The number of carbonyl (C=O) groups is 1. The number of halogens is 3. The van der Waals surface area contributed by atoms with E-state index in [-0.39, 0.29) is 6.03 Å². The highest BCUT2D eigenvalue weighted by atomic mass is 35.5. The molecule has 1 heterocycles. The minimum absolute atomic E-state index is 0.146. The molecule has 104 valence electrons. The molecule has 0 aromatic heterocycles. The molecule has 0 spiro atoms. The van der Waals surface area contributed by atoms with Crippen molar-refractivity contribution in [2.45, 2.75) is 19.8 Å². The van der Waals surface area contributed by atoms with Crippen LogP contribution in [0.3, 0.4) is 0 Å². The number of amides is 2. The summed E-state index contributed by atoms with van der Waals surface area (Å²) in [5.41, 5.74) is 0.486. The van der Waals surface area contributed by atoms with Gasteiger partial charge in [-0.25, -0.2) is 4.79 Å². The van der Waals surface area contributed by atoms with E-state index in [2.05, 4.69) is 12.2 Å². The van der Waals surface area contributed by atoms with Crippen LogP contribution in [-0.2, 0) is 0 Å². The summed E-state index contributed by atoms with van der Waals surface area (Å²) in [5, 5.41) is 3.90. The van der Waals surface area contributed by atoms with Crippen LogP contribution in [0.25, 0.3) is 0 Å². The van der Waals surface area contributed by atoms with Crippen molar-refractivity contribution in [3.05, 3.63) is 27.2 Å². The Morgan fingerprint density at radius 3 is 2.37 bits per heavy atom. The van der Waals surface area contributed by atoms with Crippen molar-refractivity contribution >= 4 is 46.5 Å². The molecule has 1 fully saturated rings. The molecule has 1 aromatic carbocycles. The van der Waals surface area contributed by atoms with Crippen LogP contribution in [0.4, 0.5) is 10.5 Å². The molecule has 0 unspecified atom stereocenters. The van der Waals surface area contributed by atoms with Crippen molar-refractivity contribution in [3.8, 4) is 0 Å². The summed E-state index contributed by atoms with van der Waals surface area (Å²) in [5.74, 6) is 0.678. The maximum atomic E-state index is 12.1. The molecule has 1 N–H and O–H groups in total. The predicted molar refractivity (Wildman–Crippen MR) is 80.5 cm³/mol. The van der Waals surface area contributed by atoms with Crippen molar-refractivity contribution in [2.24, 2.45) is 5.92 Å². The van der Waals surface area contributed by atoms with E-state index >= 15 is 0 Å². The Hall–Kier alpha value is -0.640. The Balaban J connectivity index is 2.05. The SMILES string of the molecule is CC1CCN(C(=O)Nc2cc(Cl)c(Cl)cc2Cl)CC1. The zero-order valence-electron chi connectivity index (χ0n) is 10.5. The number of anilines is 1. The number of piperidine rings is 1. The molecule has 6 heteroatoms. The number of likely N-dealkylation sites (tertiary alicyclic amines) is 1. The van der Waals surface area contributed by atoms with Gasteiger partial charge < -0.3 is 10.2 Å². The van der Waals surface area contributed by atoms with Crippen LogP contribution in [0.15, 0.2) is 12.1 Å². The van der Waals surface area contributed by atoms with E-state index in [0.29, 0.717) is 26.7 Å². The van der Waals surface area contributed by atoms with Gasteiger partial charge in [0.25, 0.3) is 0 Å². The smallest absolute Gasteiger partial charge is 0.321 e. The number of hydrogen-bond donors (Lipinski definition) is 1. The van der Waals surface area contributed by atoms with E-state index in [1.54, 1.807) is 11.0 Å². The summed E-state index contributed by atoms with van der Waals surface area (Å²) in [6.45, 7) is 3.74. The molecular formula is C13H15Cl3N2O. The number of urea groups is 1. The van der Waals surface area contributed by atoms with Crippen molar-refractivity contribution < 1.29 is 4.79 Å². The maximum absolute atomic E-state index is 12.1. The average Bonchev–Trinajstić information content (AvgIpc) is 2.36. The Labute approximate surface area is 127 Å². The van der Waals surface area contributed by atoms with Crippen molar-refractivity contribution in [1.82, 2.24) is 4.90 Å². The van der Waals surface area contributed by atoms with E-state index in [4.69, 9.17) is 34.8 Å². The second-order valence-corrected chi connectivity index (χ2v) is 6.07. The molecule has 2 amide bonds. The van der Waals surface area contributed by atoms with Crippen LogP contribution in [0.5, 0.6) is 0 Å². The normalized spacial score (nSPS) is 16.5. The molecule has 0 saturated carbocycles. The summed E-state index contributed by atoms with van der Waals surface area (Å²) < 4.78 is 0. The molecule has 2 rings (SSSR count). The number of nitrogens with one attached hydrogen (secondary N) is 1. The van der Waals surface area contributed by atoms with Crippen LogP contribution in [0, 0.1) is 5.92 Å². The average molecular weight is 322 g/mol. The van der Waals surface area contributed by atoms with Gasteiger partial charge in [0, 0.05) is 13.1 Å². The molecule has 0 radical (unpaired) electrons. The highest BCUT2D eigenvalue weighted by Crippen LogP contribution is 2.32. The van der Waals surface area contributed by atoms with E-state index < -0.39 is 0 Å². The number of hydrogen-bond acceptors (Lipinski definition) is 1. The van der Waals surface area contributed by atoms with Gasteiger partial charge in [-0.05, 0) is 30.9 Å². The van der Waals surface area contributed by atoms with Crippen molar-refractivity contribution in [2.75, 3.05) is 18.4 Å². The van der Waals surface area contributed by atoms with Gasteiger partial charge in [-0.2, -0.15) is 0 Å². The molecule has 1 aliphatic heterocycles. The lowest BCUT2D eigenvalue weighted by Crippen LogP contribution is -2.40. The first kappa shape index (κ1) is 14.8. The number of carbonyl (C=O) groups excluding carboxylic acids is 1. The number of rotatable bonds is 1.